The Kier molecular flexibility index (Phi) is 2.63. The molecule has 4 heteroatoms. The second kappa shape index (κ2) is 4.29. The second-order valence-electron chi connectivity index (χ2n) is 4.56. The smallest absolute Gasteiger partial charge is 0.212 e. The summed E-state index contributed by atoms with van der Waals surface area (Å²) in [5, 5.41) is 3.37. The van der Waals surface area contributed by atoms with Crippen LogP contribution in [0.2, 0.25) is 0 Å². The number of nitrogens with two attached hydrogens (primary N) is 1. The summed E-state index contributed by atoms with van der Waals surface area (Å²) in [5.41, 5.74) is 9.98. The highest BCUT2D eigenvalue weighted by atomic mass is 19.1. The van der Waals surface area contributed by atoms with Gasteiger partial charge in [-0.15, -0.1) is 0 Å². The normalized spacial score (nSPS) is 17.5. The molecule has 0 bridgehead atoms. The first-order valence-corrected chi connectivity index (χ1v) is 5.99. The van der Waals surface area contributed by atoms with Crippen molar-refractivity contribution < 1.29 is 4.39 Å². The number of aromatic nitrogens is 1. The molecule has 0 amide bonds. The largest absolute Gasteiger partial charge is 0.399 e. The van der Waals surface area contributed by atoms with Crippen LogP contribution in [0.1, 0.15) is 23.6 Å². The zero-order chi connectivity index (χ0) is 12.5. The van der Waals surface area contributed by atoms with Crippen molar-refractivity contribution in [2.24, 2.45) is 0 Å². The van der Waals surface area contributed by atoms with Crippen LogP contribution in [-0.4, -0.2) is 4.98 Å². The highest BCUT2D eigenvalue weighted by molar-refractivity contribution is 5.51. The molecule has 1 unspecified atom stereocenters. The summed E-state index contributed by atoms with van der Waals surface area (Å²) in [7, 11) is 0. The number of pyridine rings is 1. The van der Waals surface area contributed by atoms with Gasteiger partial charge in [0.15, 0.2) is 0 Å². The van der Waals surface area contributed by atoms with E-state index in [4.69, 9.17) is 5.73 Å². The van der Waals surface area contributed by atoms with E-state index in [9.17, 15) is 4.39 Å². The predicted octanol–water partition coefficient (Wildman–Crippen LogP) is 2.90. The third-order valence-corrected chi connectivity index (χ3v) is 3.31. The Balaban J connectivity index is 1.82. The third-order valence-electron chi connectivity index (χ3n) is 3.31. The standard InChI is InChI=1S/C14H14FN3/c15-14-6-3-11(8-17-14)18-13-5-1-9-7-10(16)2-4-12(9)13/h2-4,6-8,13,18H,1,5,16H2. The van der Waals surface area contributed by atoms with Crippen molar-refractivity contribution >= 4 is 11.4 Å². The van der Waals surface area contributed by atoms with Crippen molar-refractivity contribution in [1.29, 1.82) is 0 Å². The van der Waals surface area contributed by atoms with Crippen LogP contribution in [0.5, 0.6) is 0 Å². The highest BCUT2D eigenvalue weighted by Crippen LogP contribution is 2.34. The number of halogens is 1. The minimum absolute atomic E-state index is 0.257. The Morgan fingerprint density at radius 2 is 2.17 bits per heavy atom. The average molecular weight is 243 g/mol. The fraction of sp³-hybridized carbons (Fsp3) is 0.214. The van der Waals surface area contributed by atoms with Crippen LogP contribution in [0.15, 0.2) is 36.5 Å². The molecule has 92 valence electrons. The van der Waals surface area contributed by atoms with Crippen molar-refractivity contribution in [3.05, 3.63) is 53.6 Å². The Morgan fingerprint density at radius 1 is 1.28 bits per heavy atom. The topological polar surface area (TPSA) is 50.9 Å². The lowest BCUT2D eigenvalue weighted by Gasteiger charge is -2.15. The summed E-state index contributed by atoms with van der Waals surface area (Å²) in [6, 6.07) is 9.33. The van der Waals surface area contributed by atoms with Gasteiger partial charge in [-0.1, -0.05) is 6.07 Å². The number of nitrogens with zero attached hydrogens (tertiary/aromatic N) is 1. The van der Waals surface area contributed by atoms with Crippen LogP contribution in [-0.2, 0) is 6.42 Å². The van der Waals surface area contributed by atoms with Crippen LogP contribution < -0.4 is 11.1 Å². The van der Waals surface area contributed by atoms with Gasteiger partial charge in [-0.2, -0.15) is 4.39 Å². The van der Waals surface area contributed by atoms with E-state index < -0.39 is 5.95 Å². The summed E-state index contributed by atoms with van der Waals surface area (Å²) in [4.78, 5) is 3.64. The highest BCUT2D eigenvalue weighted by Gasteiger charge is 2.22. The molecule has 1 aromatic carbocycles. The SMILES string of the molecule is Nc1ccc2c(c1)CCC2Nc1ccc(F)nc1. The van der Waals surface area contributed by atoms with Gasteiger partial charge in [0.1, 0.15) is 0 Å². The number of benzene rings is 1. The molecular formula is C14H14FN3. The van der Waals surface area contributed by atoms with Gasteiger partial charge in [-0.05, 0) is 48.2 Å². The van der Waals surface area contributed by atoms with Crippen molar-refractivity contribution in [2.75, 3.05) is 11.1 Å². The molecule has 0 fully saturated rings. The van der Waals surface area contributed by atoms with E-state index in [1.807, 2.05) is 12.1 Å². The number of fused-ring (bicyclic) bond motifs is 1. The molecular weight excluding hydrogens is 229 g/mol. The monoisotopic (exact) mass is 243 g/mol. The lowest BCUT2D eigenvalue weighted by molar-refractivity contribution is 0.583. The van der Waals surface area contributed by atoms with Gasteiger partial charge in [0.2, 0.25) is 5.95 Å². The zero-order valence-electron chi connectivity index (χ0n) is 9.86. The van der Waals surface area contributed by atoms with E-state index in [1.165, 1.54) is 23.4 Å². The van der Waals surface area contributed by atoms with E-state index >= 15 is 0 Å². The molecule has 0 aliphatic heterocycles. The Bertz CT molecular complexity index is 566. The summed E-state index contributed by atoms with van der Waals surface area (Å²) >= 11 is 0. The molecule has 1 aliphatic carbocycles. The summed E-state index contributed by atoms with van der Waals surface area (Å²) in [5.74, 6) is -0.458. The van der Waals surface area contributed by atoms with Crippen LogP contribution >= 0.6 is 0 Å². The van der Waals surface area contributed by atoms with Crippen LogP contribution in [0.4, 0.5) is 15.8 Å². The first-order valence-electron chi connectivity index (χ1n) is 5.99. The quantitative estimate of drug-likeness (QED) is 0.630. The summed E-state index contributed by atoms with van der Waals surface area (Å²) in [6.07, 6.45) is 3.56. The molecule has 18 heavy (non-hydrogen) atoms. The molecule has 3 rings (SSSR count). The number of hydrogen-bond acceptors (Lipinski definition) is 3. The van der Waals surface area contributed by atoms with Crippen molar-refractivity contribution in [2.45, 2.75) is 18.9 Å². The van der Waals surface area contributed by atoms with Gasteiger partial charge in [0.05, 0.1) is 17.9 Å². The van der Waals surface area contributed by atoms with Crippen molar-refractivity contribution in [3.8, 4) is 0 Å². The van der Waals surface area contributed by atoms with E-state index in [2.05, 4.69) is 16.4 Å². The molecule has 1 heterocycles. The lowest BCUT2D eigenvalue weighted by atomic mass is 10.1. The van der Waals surface area contributed by atoms with Gasteiger partial charge in [0.25, 0.3) is 0 Å². The first-order chi connectivity index (χ1) is 8.72. The molecule has 1 atom stereocenters. The maximum absolute atomic E-state index is 12.7. The third kappa shape index (κ3) is 2.01. The van der Waals surface area contributed by atoms with Crippen LogP contribution in [0.25, 0.3) is 0 Å². The summed E-state index contributed by atoms with van der Waals surface area (Å²) in [6.45, 7) is 0. The number of rotatable bonds is 2. The number of hydrogen-bond donors (Lipinski definition) is 2. The van der Waals surface area contributed by atoms with E-state index in [1.54, 1.807) is 6.07 Å². The van der Waals surface area contributed by atoms with E-state index in [0.29, 0.717) is 0 Å². The molecule has 0 radical (unpaired) electrons. The fourth-order valence-electron chi connectivity index (χ4n) is 2.45. The van der Waals surface area contributed by atoms with Gasteiger partial charge in [-0.25, -0.2) is 4.98 Å². The van der Waals surface area contributed by atoms with E-state index in [0.717, 1.165) is 24.2 Å². The minimum Gasteiger partial charge on any atom is -0.399 e. The molecule has 0 spiro atoms. The molecule has 1 aromatic heterocycles. The molecule has 1 aliphatic rings. The number of nitrogen functional groups attached to an aromatic ring is 1. The second-order valence-corrected chi connectivity index (χ2v) is 4.56. The van der Waals surface area contributed by atoms with Gasteiger partial charge < -0.3 is 11.1 Å². The minimum atomic E-state index is -0.458. The predicted molar refractivity (Wildman–Crippen MR) is 69.7 cm³/mol. The summed E-state index contributed by atoms with van der Waals surface area (Å²) < 4.78 is 12.7. The van der Waals surface area contributed by atoms with Crippen molar-refractivity contribution in [3.63, 3.8) is 0 Å². The molecule has 3 nitrogen and oxygen atoms in total. The van der Waals surface area contributed by atoms with Gasteiger partial charge in [0, 0.05) is 5.69 Å². The molecule has 0 saturated carbocycles. The Labute approximate surface area is 105 Å². The number of nitrogens with one attached hydrogen (secondary N) is 1. The van der Waals surface area contributed by atoms with Crippen molar-refractivity contribution in [1.82, 2.24) is 4.98 Å². The molecule has 2 aromatic rings. The lowest BCUT2D eigenvalue weighted by Crippen LogP contribution is -2.07. The maximum Gasteiger partial charge on any atom is 0.212 e. The maximum atomic E-state index is 12.7. The first kappa shape index (κ1) is 11.0. The van der Waals surface area contributed by atoms with Crippen LogP contribution in [0, 0.1) is 5.95 Å². The zero-order valence-corrected chi connectivity index (χ0v) is 9.86. The number of anilines is 2. The fourth-order valence-corrected chi connectivity index (χ4v) is 2.45. The van der Waals surface area contributed by atoms with Crippen LogP contribution in [0.3, 0.4) is 0 Å². The van der Waals surface area contributed by atoms with Gasteiger partial charge in [-0.3, -0.25) is 0 Å². The average Bonchev–Trinajstić information content (AvgIpc) is 2.74. The molecule has 0 saturated heterocycles. The van der Waals surface area contributed by atoms with E-state index in [-0.39, 0.29) is 6.04 Å². The number of aryl methyl sites for hydroxylation is 1. The van der Waals surface area contributed by atoms with Gasteiger partial charge >= 0.3 is 0 Å². The molecule has 3 N–H and O–H groups in total. The Morgan fingerprint density at radius 3 is 2.94 bits per heavy atom. The Hall–Kier alpha value is -2.10.